The Kier molecular flexibility index (Phi) is 4.10. The summed E-state index contributed by atoms with van der Waals surface area (Å²) in [5.41, 5.74) is 5.22. The lowest BCUT2D eigenvalue weighted by Gasteiger charge is -2.20. The van der Waals surface area contributed by atoms with E-state index in [-0.39, 0.29) is 0 Å². The van der Waals surface area contributed by atoms with Crippen LogP contribution >= 0.6 is 0 Å². The summed E-state index contributed by atoms with van der Waals surface area (Å²) in [5, 5.41) is 9.34. The maximum absolute atomic E-state index is 9.34. The van der Waals surface area contributed by atoms with Crippen LogP contribution in [0, 0.1) is 18.0 Å². The van der Waals surface area contributed by atoms with E-state index in [1.807, 2.05) is 42.5 Å². The lowest BCUT2D eigenvalue weighted by atomic mass is 10.1. The number of nitrogens with zero attached hydrogens (tertiary/aromatic N) is 3. The van der Waals surface area contributed by atoms with Crippen molar-refractivity contribution < 1.29 is 0 Å². The van der Waals surface area contributed by atoms with E-state index in [9.17, 15) is 5.26 Å². The second-order valence-electron chi connectivity index (χ2n) is 6.02. The van der Waals surface area contributed by atoms with Crippen LogP contribution in [0.1, 0.15) is 16.7 Å². The molecule has 0 atom stereocenters. The number of fused-ring (bicyclic) bond motifs is 1. The molecule has 3 aromatic carbocycles. The van der Waals surface area contributed by atoms with Crippen LogP contribution < -0.4 is 9.80 Å². The van der Waals surface area contributed by atoms with Crippen molar-refractivity contribution in [3.05, 3.63) is 102 Å². The van der Waals surface area contributed by atoms with Crippen LogP contribution in [0.4, 0.5) is 11.4 Å². The van der Waals surface area contributed by atoms with E-state index in [2.05, 4.69) is 58.9 Å². The fourth-order valence-corrected chi connectivity index (χ4v) is 3.12. The van der Waals surface area contributed by atoms with Gasteiger partial charge in [-0.2, -0.15) is 5.26 Å². The third-order valence-corrected chi connectivity index (χ3v) is 4.35. The van der Waals surface area contributed by atoms with Crippen LogP contribution in [0.5, 0.6) is 0 Å². The Bertz CT molecular complexity index is 912. The van der Waals surface area contributed by atoms with Gasteiger partial charge in [0.2, 0.25) is 6.67 Å². The SMILES string of the molecule is N#Cc1ccccc1CN1[C]N(Cc2ccccc2)c2ccccc21. The van der Waals surface area contributed by atoms with E-state index in [1.54, 1.807) is 0 Å². The van der Waals surface area contributed by atoms with Crippen LogP contribution in [0.25, 0.3) is 0 Å². The Morgan fingerprint density at radius 1 is 0.720 bits per heavy atom. The van der Waals surface area contributed by atoms with Gasteiger partial charge in [0.15, 0.2) is 0 Å². The van der Waals surface area contributed by atoms with Gasteiger partial charge < -0.3 is 9.80 Å². The van der Waals surface area contributed by atoms with Crippen molar-refractivity contribution in [3.8, 4) is 6.07 Å². The molecule has 1 aliphatic rings. The third kappa shape index (κ3) is 3.07. The van der Waals surface area contributed by atoms with E-state index in [0.29, 0.717) is 12.1 Å². The minimum absolute atomic E-state index is 0.631. The van der Waals surface area contributed by atoms with Crippen LogP contribution in [-0.2, 0) is 13.1 Å². The summed E-state index contributed by atoms with van der Waals surface area (Å²) in [4.78, 5) is 4.23. The van der Waals surface area contributed by atoms with Gasteiger partial charge in [0.1, 0.15) is 0 Å². The van der Waals surface area contributed by atoms with Gasteiger partial charge in [0.25, 0.3) is 0 Å². The maximum Gasteiger partial charge on any atom is 0.209 e. The number of hydrogen-bond acceptors (Lipinski definition) is 3. The zero-order chi connectivity index (χ0) is 17.1. The zero-order valence-corrected chi connectivity index (χ0v) is 13.8. The normalized spacial score (nSPS) is 12.8. The van der Waals surface area contributed by atoms with Crippen LogP contribution in [-0.4, -0.2) is 0 Å². The average molecular weight is 323 g/mol. The number of para-hydroxylation sites is 2. The summed E-state index contributed by atoms with van der Waals surface area (Å²) in [6.45, 7) is 4.87. The van der Waals surface area contributed by atoms with Gasteiger partial charge in [-0.1, -0.05) is 60.7 Å². The molecular weight excluding hydrogens is 306 g/mol. The topological polar surface area (TPSA) is 30.3 Å². The number of rotatable bonds is 4. The van der Waals surface area contributed by atoms with Crippen molar-refractivity contribution in [2.45, 2.75) is 13.1 Å². The molecule has 0 saturated carbocycles. The van der Waals surface area contributed by atoms with Crippen molar-refractivity contribution in [2.75, 3.05) is 9.80 Å². The molecule has 4 rings (SSSR count). The highest BCUT2D eigenvalue weighted by Crippen LogP contribution is 2.39. The summed E-state index contributed by atoms with van der Waals surface area (Å²) >= 11 is 0. The smallest absolute Gasteiger partial charge is 0.209 e. The van der Waals surface area contributed by atoms with E-state index in [4.69, 9.17) is 0 Å². The first-order valence-corrected chi connectivity index (χ1v) is 8.27. The molecule has 0 saturated heterocycles. The molecule has 0 unspecified atom stereocenters. The Labute approximate surface area is 148 Å². The van der Waals surface area contributed by atoms with Crippen LogP contribution in [0.2, 0.25) is 0 Å². The minimum Gasteiger partial charge on any atom is -0.335 e. The average Bonchev–Trinajstić information content (AvgIpc) is 3.01. The molecule has 0 aliphatic carbocycles. The van der Waals surface area contributed by atoms with Gasteiger partial charge in [0.05, 0.1) is 23.0 Å². The van der Waals surface area contributed by atoms with E-state index < -0.39 is 0 Å². The summed E-state index contributed by atoms with van der Waals surface area (Å²) in [6.07, 6.45) is 0. The summed E-state index contributed by atoms with van der Waals surface area (Å²) < 4.78 is 0. The largest absolute Gasteiger partial charge is 0.335 e. The van der Waals surface area contributed by atoms with Gasteiger partial charge in [-0.3, -0.25) is 0 Å². The predicted molar refractivity (Wildman–Crippen MR) is 99.7 cm³/mol. The highest BCUT2D eigenvalue weighted by Gasteiger charge is 2.27. The molecule has 3 aromatic rings. The van der Waals surface area contributed by atoms with Gasteiger partial charge in [0, 0.05) is 13.1 Å². The highest BCUT2D eigenvalue weighted by molar-refractivity contribution is 5.78. The van der Waals surface area contributed by atoms with Crippen molar-refractivity contribution in [1.29, 1.82) is 5.26 Å². The Balaban J connectivity index is 1.61. The molecule has 1 heterocycles. The van der Waals surface area contributed by atoms with Gasteiger partial charge in [-0.15, -0.1) is 0 Å². The predicted octanol–water partition coefficient (Wildman–Crippen LogP) is 4.58. The molecule has 0 spiro atoms. The van der Waals surface area contributed by atoms with Crippen LogP contribution in [0.15, 0.2) is 78.9 Å². The van der Waals surface area contributed by atoms with E-state index in [1.165, 1.54) is 5.56 Å². The van der Waals surface area contributed by atoms with Gasteiger partial charge >= 0.3 is 0 Å². The van der Waals surface area contributed by atoms with E-state index in [0.717, 1.165) is 23.5 Å². The standard InChI is InChI=1S/C22H17N3/c23-14-19-10-4-5-11-20(19)16-25-17-24(15-18-8-2-1-3-9-18)21-12-6-7-13-22(21)25/h1-13H,15-16H2. The fourth-order valence-electron chi connectivity index (χ4n) is 3.12. The van der Waals surface area contributed by atoms with Crippen LogP contribution in [0.3, 0.4) is 0 Å². The Morgan fingerprint density at radius 3 is 2.04 bits per heavy atom. The molecule has 0 bridgehead atoms. The quantitative estimate of drug-likeness (QED) is 0.704. The molecule has 3 heteroatoms. The Morgan fingerprint density at radius 2 is 1.32 bits per heavy atom. The molecule has 0 N–H and O–H groups in total. The maximum atomic E-state index is 9.34. The lowest BCUT2D eigenvalue weighted by Crippen LogP contribution is -2.24. The number of nitriles is 1. The van der Waals surface area contributed by atoms with E-state index >= 15 is 0 Å². The molecule has 0 aromatic heterocycles. The fraction of sp³-hybridized carbons (Fsp3) is 0.0909. The minimum atomic E-state index is 0.631. The van der Waals surface area contributed by atoms with Gasteiger partial charge in [-0.25, -0.2) is 0 Å². The van der Waals surface area contributed by atoms with Crippen molar-refractivity contribution >= 4 is 11.4 Å². The second-order valence-corrected chi connectivity index (χ2v) is 6.02. The lowest BCUT2D eigenvalue weighted by molar-refractivity contribution is 0.848. The molecule has 0 fully saturated rings. The van der Waals surface area contributed by atoms with Gasteiger partial charge in [-0.05, 0) is 29.3 Å². The first kappa shape index (κ1) is 15.3. The number of anilines is 2. The summed E-state index contributed by atoms with van der Waals surface area (Å²) in [6, 6.07) is 28.7. The number of hydrogen-bond donors (Lipinski definition) is 0. The monoisotopic (exact) mass is 323 g/mol. The first-order valence-electron chi connectivity index (χ1n) is 8.27. The molecule has 3 nitrogen and oxygen atoms in total. The summed E-state index contributed by atoms with van der Waals surface area (Å²) in [5.74, 6) is 0. The Hall–Kier alpha value is -3.25. The van der Waals surface area contributed by atoms with Crippen molar-refractivity contribution in [2.24, 2.45) is 0 Å². The van der Waals surface area contributed by atoms with Crippen molar-refractivity contribution in [3.63, 3.8) is 0 Å². The molecule has 25 heavy (non-hydrogen) atoms. The second kappa shape index (κ2) is 6.70. The van der Waals surface area contributed by atoms with Crippen molar-refractivity contribution in [1.82, 2.24) is 0 Å². The zero-order valence-electron chi connectivity index (χ0n) is 13.8. The molecule has 1 aliphatic heterocycles. The first-order chi connectivity index (χ1) is 12.3. The summed E-state index contributed by atoms with van der Waals surface area (Å²) in [7, 11) is 0. The molecule has 2 radical (unpaired) electrons. The molecular formula is C22H17N3. The third-order valence-electron chi connectivity index (χ3n) is 4.35. The molecule has 0 amide bonds. The number of benzene rings is 3. The molecule has 120 valence electrons. The highest BCUT2D eigenvalue weighted by atomic mass is 15.4.